The first kappa shape index (κ1) is 12.2. The highest BCUT2D eigenvalue weighted by atomic mass is 16.3. The largest absolute Gasteiger partial charge is 0.508 e. The molecule has 0 radical (unpaired) electrons. The molecule has 0 saturated carbocycles. The van der Waals surface area contributed by atoms with Crippen LogP contribution >= 0.6 is 0 Å². The van der Waals surface area contributed by atoms with E-state index in [-0.39, 0.29) is 5.75 Å². The lowest BCUT2D eigenvalue weighted by atomic mass is 10.2. The highest BCUT2D eigenvalue weighted by Crippen LogP contribution is 2.14. The lowest BCUT2D eigenvalue weighted by Crippen LogP contribution is -2.02. The lowest BCUT2D eigenvalue weighted by Gasteiger charge is -2.07. The first-order valence-electron chi connectivity index (χ1n) is 6.29. The predicted octanol–water partition coefficient (Wildman–Crippen LogP) is 2.58. The van der Waals surface area contributed by atoms with Gasteiger partial charge in [-0.25, -0.2) is 9.67 Å². The highest BCUT2D eigenvalue weighted by Gasteiger charge is 1.99. The van der Waals surface area contributed by atoms with Crippen LogP contribution in [0.5, 0.6) is 5.75 Å². The molecule has 0 aliphatic carbocycles. The normalized spacial score (nSPS) is 10.4. The van der Waals surface area contributed by atoms with Gasteiger partial charge < -0.3 is 10.4 Å². The molecule has 2 aromatic heterocycles. The molecule has 3 aromatic rings. The number of benzene rings is 1. The molecule has 100 valence electrons. The zero-order chi connectivity index (χ0) is 13.8. The number of hydrogen-bond acceptors (Lipinski definition) is 4. The average molecular weight is 266 g/mol. The van der Waals surface area contributed by atoms with Gasteiger partial charge in [0.1, 0.15) is 5.75 Å². The van der Waals surface area contributed by atoms with Crippen LogP contribution in [0.2, 0.25) is 0 Å². The Kier molecular flexibility index (Phi) is 3.33. The first-order chi connectivity index (χ1) is 9.81. The van der Waals surface area contributed by atoms with Crippen LogP contribution in [0.1, 0.15) is 5.56 Å². The van der Waals surface area contributed by atoms with Crippen LogP contribution in [0.3, 0.4) is 0 Å². The van der Waals surface area contributed by atoms with Crippen molar-refractivity contribution in [2.45, 2.75) is 6.54 Å². The Hall–Kier alpha value is -2.82. The first-order valence-corrected chi connectivity index (χ1v) is 6.29. The Labute approximate surface area is 116 Å². The monoisotopic (exact) mass is 266 g/mol. The summed E-state index contributed by atoms with van der Waals surface area (Å²) < 4.78 is 1.71. The van der Waals surface area contributed by atoms with E-state index in [9.17, 15) is 5.11 Å². The summed E-state index contributed by atoms with van der Waals surface area (Å²) in [6, 6.07) is 12.9. The van der Waals surface area contributed by atoms with E-state index in [2.05, 4.69) is 15.4 Å². The molecule has 0 unspecified atom stereocenters. The molecule has 20 heavy (non-hydrogen) atoms. The standard InChI is InChI=1S/C15H14N4O/c20-14-4-1-3-12(9-14)10-16-13-5-6-15(17-11-13)19-8-2-7-18-19/h1-9,11,16,20H,10H2. The second-order valence-corrected chi connectivity index (χ2v) is 4.38. The number of hydrogen-bond donors (Lipinski definition) is 2. The number of rotatable bonds is 4. The molecular weight excluding hydrogens is 252 g/mol. The summed E-state index contributed by atoms with van der Waals surface area (Å²) in [6.45, 7) is 0.636. The van der Waals surface area contributed by atoms with Gasteiger partial charge in [-0.3, -0.25) is 0 Å². The summed E-state index contributed by atoms with van der Waals surface area (Å²) in [5.41, 5.74) is 1.94. The number of anilines is 1. The van der Waals surface area contributed by atoms with E-state index in [1.807, 2.05) is 36.5 Å². The van der Waals surface area contributed by atoms with Gasteiger partial charge in [0.15, 0.2) is 5.82 Å². The van der Waals surface area contributed by atoms with Crippen LogP contribution in [-0.4, -0.2) is 19.9 Å². The van der Waals surface area contributed by atoms with Gasteiger partial charge in [-0.1, -0.05) is 12.1 Å². The quantitative estimate of drug-likeness (QED) is 0.762. The van der Waals surface area contributed by atoms with Gasteiger partial charge in [-0.15, -0.1) is 0 Å². The number of nitrogens with one attached hydrogen (secondary N) is 1. The van der Waals surface area contributed by atoms with Crippen molar-refractivity contribution < 1.29 is 5.11 Å². The molecule has 0 atom stereocenters. The van der Waals surface area contributed by atoms with Gasteiger partial charge in [0, 0.05) is 18.9 Å². The Morgan fingerprint density at radius 3 is 2.80 bits per heavy atom. The van der Waals surface area contributed by atoms with Crippen LogP contribution in [0.4, 0.5) is 5.69 Å². The van der Waals surface area contributed by atoms with E-state index in [1.165, 1.54) is 0 Å². The van der Waals surface area contributed by atoms with Crippen LogP contribution in [-0.2, 0) is 6.54 Å². The zero-order valence-electron chi connectivity index (χ0n) is 10.8. The van der Waals surface area contributed by atoms with Gasteiger partial charge in [0.2, 0.25) is 0 Å². The second kappa shape index (κ2) is 5.44. The van der Waals surface area contributed by atoms with Gasteiger partial charge in [0.05, 0.1) is 11.9 Å². The van der Waals surface area contributed by atoms with Crippen molar-refractivity contribution in [3.63, 3.8) is 0 Å². The second-order valence-electron chi connectivity index (χ2n) is 4.38. The van der Waals surface area contributed by atoms with Gasteiger partial charge >= 0.3 is 0 Å². The van der Waals surface area contributed by atoms with Crippen molar-refractivity contribution in [1.29, 1.82) is 0 Å². The van der Waals surface area contributed by atoms with Crippen LogP contribution in [0.15, 0.2) is 61.1 Å². The van der Waals surface area contributed by atoms with Gasteiger partial charge in [0.25, 0.3) is 0 Å². The Bertz CT molecular complexity index is 677. The Balaban J connectivity index is 1.67. The van der Waals surface area contributed by atoms with E-state index < -0.39 is 0 Å². The van der Waals surface area contributed by atoms with Crippen molar-refractivity contribution in [2.24, 2.45) is 0 Å². The summed E-state index contributed by atoms with van der Waals surface area (Å²) in [7, 11) is 0. The van der Waals surface area contributed by atoms with Crippen LogP contribution in [0, 0.1) is 0 Å². The highest BCUT2D eigenvalue weighted by molar-refractivity contribution is 5.44. The Morgan fingerprint density at radius 1 is 1.15 bits per heavy atom. The molecule has 0 fully saturated rings. The molecular formula is C15H14N4O. The van der Waals surface area contributed by atoms with E-state index in [1.54, 1.807) is 29.2 Å². The number of phenols is 1. The fourth-order valence-electron chi connectivity index (χ4n) is 1.90. The maximum Gasteiger partial charge on any atom is 0.153 e. The lowest BCUT2D eigenvalue weighted by molar-refractivity contribution is 0.474. The third-order valence-electron chi connectivity index (χ3n) is 2.89. The maximum absolute atomic E-state index is 9.40. The predicted molar refractivity (Wildman–Crippen MR) is 76.8 cm³/mol. The number of aromatic nitrogens is 3. The molecule has 2 N–H and O–H groups in total. The van der Waals surface area contributed by atoms with E-state index >= 15 is 0 Å². The van der Waals surface area contributed by atoms with E-state index in [0.717, 1.165) is 17.1 Å². The molecule has 3 rings (SSSR count). The third-order valence-corrected chi connectivity index (χ3v) is 2.89. The zero-order valence-corrected chi connectivity index (χ0v) is 10.8. The number of aromatic hydroxyl groups is 1. The summed E-state index contributed by atoms with van der Waals surface area (Å²) in [6.07, 6.45) is 5.33. The minimum Gasteiger partial charge on any atom is -0.508 e. The summed E-state index contributed by atoms with van der Waals surface area (Å²) >= 11 is 0. The van der Waals surface area contributed by atoms with Crippen molar-refractivity contribution in [2.75, 3.05) is 5.32 Å². The molecule has 0 spiro atoms. The van der Waals surface area contributed by atoms with Crippen molar-refractivity contribution in [3.05, 3.63) is 66.6 Å². The molecule has 5 heteroatoms. The van der Waals surface area contributed by atoms with Crippen molar-refractivity contribution in [1.82, 2.24) is 14.8 Å². The molecule has 0 aliphatic rings. The smallest absolute Gasteiger partial charge is 0.153 e. The fraction of sp³-hybridized carbons (Fsp3) is 0.0667. The van der Waals surface area contributed by atoms with Crippen molar-refractivity contribution >= 4 is 5.69 Å². The number of nitrogens with zero attached hydrogens (tertiary/aromatic N) is 3. The average Bonchev–Trinajstić information content (AvgIpc) is 3.00. The Morgan fingerprint density at radius 2 is 2.10 bits per heavy atom. The number of phenolic OH excluding ortho intramolecular Hbond substituents is 1. The van der Waals surface area contributed by atoms with Gasteiger partial charge in [-0.05, 0) is 35.9 Å². The van der Waals surface area contributed by atoms with Crippen molar-refractivity contribution in [3.8, 4) is 11.6 Å². The third kappa shape index (κ3) is 2.77. The van der Waals surface area contributed by atoms with Crippen LogP contribution in [0.25, 0.3) is 5.82 Å². The fourth-order valence-corrected chi connectivity index (χ4v) is 1.90. The molecule has 0 amide bonds. The van der Waals surface area contributed by atoms with E-state index in [0.29, 0.717) is 6.54 Å². The van der Waals surface area contributed by atoms with E-state index in [4.69, 9.17) is 0 Å². The topological polar surface area (TPSA) is 63.0 Å². The summed E-state index contributed by atoms with van der Waals surface area (Å²) in [4.78, 5) is 4.34. The molecule has 1 aromatic carbocycles. The minimum absolute atomic E-state index is 0.274. The SMILES string of the molecule is Oc1cccc(CNc2ccc(-n3cccn3)nc2)c1. The molecule has 0 bridgehead atoms. The summed E-state index contributed by atoms with van der Waals surface area (Å²) in [5.74, 6) is 1.05. The molecule has 0 aliphatic heterocycles. The summed E-state index contributed by atoms with van der Waals surface area (Å²) in [5, 5.41) is 16.8. The molecule has 5 nitrogen and oxygen atoms in total. The van der Waals surface area contributed by atoms with Gasteiger partial charge in [-0.2, -0.15) is 5.10 Å². The molecule has 0 saturated heterocycles. The minimum atomic E-state index is 0.274. The maximum atomic E-state index is 9.40. The number of pyridine rings is 1. The van der Waals surface area contributed by atoms with Crippen LogP contribution < -0.4 is 5.32 Å². The molecule has 2 heterocycles.